The van der Waals surface area contributed by atoms with Gasteiger partial charge in [-0.05, 0) is 12.6 Å². The number of nitrogens with one attached hydrogen (secondary N) is 2. The van der Waals surface area contributed by atoms with Crippen molar-refractivity contribution >= 4 is 11.8 Å². The molecule has 3 rings (SSSR count). The minimum absolute atomic E-state index is 0.390. The molecule has 0 aliphatic carbocycles. The highest BCUT2D eigenvalue weighted by Crippen LogP contribution is 2.39. The highest BCUT2D eigenvalue weighted by molar-refractivity contribution is 5.88. The zero-order valence-electron chi connectivity index (χ0n) is 8.12. The van der Waals surface area contributed by atoms with Gasteiger partial charge in [0.25, 0.3) is 0 Å². The van der Waals surface area contributed by atoms with E-state index in [-0.39, 0.29) is 6.09 Å². The molecular weight excluding hydrogens is 194 g/mol. The van der Waals surface area contributed by atoms with Crippen LogP contribution >= 0.6 is 0 Å². The molecule has 0 saturated carbocycles. The van der Waals surface area contributed by atoms with Gasteiger partial charge in [-0.2, -0.15) is 0 Å². The summed E-state index contributed by atoms with van der Waals surface area (Å²) in [6, 6.07) is 1.90. The van der Waals surface area contributed by atoms with Crippen LogP contribution in [-0.4, -0.2) is 24.2 Å². The Morgan fingerprint density at radius 3 is 3.27 bits per heavy atom. The highest BCUT2D eigenvalue weighted by Gasteiger charge is 2.44. The molecule has 1 fully saturated rings. The number of hydrogen-bond donors (Lipinski definition) is 2. The van der Waals surface area contributed by atoms with E-state index in [1.54, 1.807) is 12.4 Å². The Kier molecular flexibility index (Phi) is 1.70. The van der Waals surface area contributed by atoms with Crippen molar-refractivity contribution in [1.29, 1.82) is 0 Å². The van der Waals surface area contributed by atoms with Crippen molar-refractivity contribution in [2.24, 2.45) is 0 Å². The van der Waals surface area contributed by atoms with Gasteiger partial charge < -0.3 is 10.1 Å². The average molecular weight is 205 g/mol. The lowest BCUT2D eigenvalue weighted by Gasteiger charge is -2.34. The maximum atomic E-state index is 11.4. The number of anilines is 1. The summed E-state index contributed by atoms with van der Waals surface area (Å²) in [7, 11) is 0. The molecule has 15 heavy (non-hydrogen) atoms. The topological polar surface area (TPSA) is 63.2 Å². The normalized spacial score (nSPS) is 28.4. The van der Waals surface area contributed by atoms with Gasteiger partial charge in [0.1, 0.15) is 0 Å². The maximum absolute atomic E-state index is 11.4. The molecule has 1 spiro atoms. The van der Waals surface area contributed by atoms with Crippen molar-refractivity contribution in [3.05, 3.63) is 24.0 Å². The first-order chi connectivity index (χ1) is 7.30. The Balaban J connectivity index is 2.14. The highest BCUT2D eigenvalue weighted by atomic mass is 16.6. The van der Waals surface area contributed by atoms with Gasteiger partial charge in [0.2, 0.25) is 0 Å². The largest absolute Gasteiger partial charge is 0.436 e. The fourth-order valence-electron chi connectivity index (χ4n) is 2.25. The predicted molar refractivity (Wildman–Crippen MR) is 53.5 cm³/mol. The van der Waals surface area contributed by atoms with Gasteiger partial charge in [-0.1, -0.05) is 0 Å². The molecule has 1 unspecified atom stereocenters. The van der Waals surface area contributed by atoms with Crippen LogP contribution in [0.25, 0.3) is 0 Å². The number of hydrogen-bond acceptors (Lipinski definition) is 4. The molecule has 1 aromatic rings. The van der Waals surface area contributed by atoms with Crippen molar-refractivity contribution in [2.45, 2.75) is 12.0 Å². The summed E-state index contributed by atoms with van der Waals surface area (Å²) in [5, 5.41) is 5.88. The van der Waals surface area contributed by atoms with Crippen LogP contribution in [0, 0.1) is 0 Å². The molecule has 78 valence electrons. The number of nitrogens with zero attached hydrogens (tertiary/aromatic N) is 1. The Labute approximate surface area is 86.8 Å². The van der Waals surface area contributed by atoms with E-state index in [9.17, 15) is 4.79 Å². The molecule has 0 aromatic carbocycles. The summed E-state index contributed by atoms with van der Waals surface area (Å²) >= 11 is 0. The Bertz CT molecular complexity index is 413. The third-order valence-electron chi connectivity index (χ3n) is 2.95. The maximum Gasteiger partial charge on any atom is 0.412 e. The second-order valence-electron chi connectivity index (χ2n) is 3.86. The molecule has 0 bridgehead atoms. The SMILES string of the molecule is O=C1Nc2cnccc2C2(CCNC2)O1. The van der Waals surface area contributed by atoms with Crippen LogP contribution in [0.3, 0.4) is 0 Å². The van der Waals surface area contributed by atoms with E-state index in [4.69, 9.17) is 4.74 Å². The van der Waals surface area contributed by atoms with E-state index in [1.165, 1.54) is 0 Å². The van der Waals surface area contributed by atoms with E-state index in [0.29, 0.717) is 6.54 Å². The van der Waals surface area contributed by atoms with Gasteiger partial charge in [-0.15, -0.1) is 0 Å². The summed E-state index contributed by atoms with van der Waals surface area (Å²) in [6.45, 7) is 1.55. The van der Waals surface area contributed by atoms with Gasteiger partial charge in [-0.3, -0.25) is 10.3 Å². The smallest absolute Gasteiger partial charge is 0.412 e. The summed E-state index contributed by atoms with van der Waals surface area (Å²) in [6.07, 6.45) is 3.81. The van der Waals surface area contributed by atoms with Crippen LogP contribution in [0.5, 0.6) is 0 Å². The second kappa shape index (κ2) is 2.93. The molecule has 2 aliphatic rings. The van der Waals surface area contributed by atoms with E-state index >= 15 is 0 Å². The van der Waals surface area contributed by atoms with Gasteiger partial charge >= 0.3 is 6.09 Å². The van der Waals surface area contributed by atoms with Crippen LogP contribution in [0.1, 0.15) is 12.0 Å². The van der Waals surface area contributed by atoms with Crippen molar-refractivity contribution in [1.82, 2.24) is 10.3 Å². The third-order valence-corrected chi connectivity index (χ3v) is 2.95. The van der Waals surface area contributed by atoms with E-state index in [0.717, 1.165) is 24.2 Å². The van der Waals surface area contributed by atoms with E-state index < -0.39 is 5.60 Å². The molecule has 5 nitrogen and oxygen atoms in total. The molecule has 2 aliphatic heterocycles. The minimum atomic E-state index is -0.486. The van der Waals surface area contributed by atoms with Crippen molar-refractivity contribution in [3.8, 4) is 0 Å². The second-order valence-corrected chi connectivity index (χ2v) is 3.86. The molecule has 2 N–H and O–H groups in total. The summed E-state index contributed by atoms with van der Waals surface area (Å²) in [5.41, 5.74) is 1.29. The number of amides is 1. The first kappa shape index (κ1) is 8.67. The zero-order valence-corrected chi connectivity index (χ0v) is 8.12. The lowest BCUT2D eigenvalue weighted by molar-refractivity contribution is 0.0277. The molecule has 1 aromatic heterocycles. The van der Waals surface area contributed by atoms with E-state index in [1.807, 2.05) is 6.07 Å². The predicted octanol–water partition coefficient (Wildman–Crippen LogP) is 0.832. The summed E-state index contributed by atoms with van der Waals surface area (Å²) in [4.78, 5) is 15.4. The van der Waals surface area contributed by atoms with Gasteiger partial charge in [0.15, 0.2) is 5.60 Å². The Morgan fingerprint density at radius 2 is 2.47 bits per heavy atom. The quantitative estimate of drug-likeness (QED) is 0.658. The molecule has 1 amide bonds. The molecule has 0 radical (unpaired) electrons. The number of fused-ring (bicyclic) bond motifs is 2. The fraction of sp³-hybridized carbons (Fsp3) is 0.400. The molecular formula is C10H11N3O2. The average Bonchev–Trinajstić information content (AvgIpc) is 2.67. The number of carbonyl (C=O) groups is 1. The summed E-state index contributed by atoms with van der Waals surface area (Å²) in [5.74, 6) is 0. The van der Waals surface area contributed by atoms with Crippen LogP contribution in [-0.2, 0) is 10.3 Å². The zero-order chi connectivity index (χ0) is 10.3. The van der Waals surface area contributed by atoms with Gasteiger partial charge in [-0.25, -0.2) is 4.79 Å². The van der Waals surface area contributed by atoms with Crippen LogP contribution in [0.15, 0.2) is 18.5 Å². The van der Waals surface area contributed by atoms with Crippen molar-refractivity contribution < 1.29 is 9.53 Å². The van der Waals surface area contributed by atoms with Crippen LogP contribution < -0.4 is 10.6 Å². The molecule has 1 atom stereocenters. The number of rotatable bonds is 0. The number of pyridine rings is 1. The van der Waals surface area contributed by atoms with Crippen molar-refractivity contribution in [2.75, 3.05) is 18.4 Å². The van der Waals surface area contributed by atoms with E-state index in [2.05, 4.69) is 15.6 Å². The lowest BCUT2D eigenvalue weighted by atomic mass is 9.91. The lowest BCUT2D eigenvalue weighted by Crippen LogP contribution is -2.41. The van der Waals surface area contributed by atoms with Crippen LogP contribution in [0.2, 0.25) is 0 Å². The molecule has 5 heteroatoms. The van der Waals surface area contributed by atoms with Crippen molar-refractivity contribution in [3.63, 3.8) is 0 Å². The Hall–Kier alpha value is -1.62. The van der Waals surface area contributed by atoms with Crippen LogP contribution in [0.4, 0.5) is 10.5 Å². The summed E-state index contributed by atoms with van der Waals surface area (Å²) < 4.78 is 5.42. The fourth-order valence-corrected chi connectivity index (χ4v) is 2.25. The standard InChI is InChI=1S/C10H11N3O2/c14-9-13-8-5-11-3-1-7(8)10(15-9)2-4-12-6-10/h1,3,5,12H,2,4,6H2,(H,13,14). The van der Waals surface area contributed by atoms with Gasteiger partial charge in [0, 0.05) is 24.7 Å². The first-order valence-corrected chi connectivity index (χ1v) is 4.95. The number of ether oxygens (including phenoxy) is 1. The molecule has 1 saturated heterocycles. The first-order valence-electron chi connectivity index (χ1n) is 4.95. The third kappa shape index (κ3) is 1.20. The monoisotopic (exact) mass is 205 g/mol. The number of carbonyl (C=O) groups excluding carboxylic acids is 1. The number of aromatic nitrogens is 1. The van der Waals surface area contributed by atoms with Gasteiger partial charge in [0.05, 0.1) is 11.9 Å². The minimum Gasteiger partial charge on any atom is -0.436 e. The molecule has 3 heterocycles. The Morgan fingerprint density at radius 1 is 1.53 bits per heavy atom.